The molecule has 3 rings (SSSR count). The molecule has 2 aliphatic carbocycles. The Bertz CT molecular complexity index is 348. The van der Waals surface area contributed by atoms with E-state index in [1.807, 2.05) is 4.90 Å². The highest BCUT2D eigenvalue weighted by Gasteiger charge is 2.45. The summed E-state index contributed by atoms with van der Waals surface area (Å²) in [5.41, 5.74) is 0. The van der Waals surface area contributed by atoms with Crippen LogP contribution in [0.25, 0.3) is 0 Å². The second-order valence-electron chi connectivity index (χ2n) is 5.56. The highest BCUT2D eigenvalue weighted by atomic mass is 16.4. The SMILES string of the molecule is O=C(O)C1CC(N2CC(C3CCC3)NC2=O)C1. The molecule has 2 saturated carbocycles. The van der Waals surface area contributed by atoms with Crippen LogP contribution in [0.5, 0.6) is 0 Å². The number of carboxylic acids is 1. The van der Waals surface area contributed by atoms with E-state index in [0.29, 0.717) is 24.8 Å². The van der Waals surface area contributed by atoms with E-state index in [0.717, 1.165) is 6.54 Å². The van der Waals surface area contributed by atoms with Crippen LogP contribution in [0, 0.1) is 11.8 Å². The first-order valence-electron chi connectivity index (χ1n) is 6.45. The summed E-state index contributed by atoms with van der Waals surface area (Å²) in [5.74, 6) is -0.314. The van der Waals surface area contributed by atoms with Gasteiger partial charge < -0.3 is 15.3 Å². The Labute approximate surface area is 100 Å². The Balaban J connectivity index is 1.55. The van der Waals surface area contributed by atoms with E-state index < -0.39 is 5.97 Å². The number of amides is 2. The van der Waals surface area contributed by atoms with Gasteiger partial charge in [0.05, 0.1) is 12.0 Å². The van der Waals surface area contributed by atoms with Crippen molar-refractivity contribution in [3.05, 3.63) is 0 Å². The molecule has 3 fully saturated rings. The Morgan fingerprint density at radius 1 is 1.35 bits per heavy atom. The average Bonchev–Trinajstić information content (AvgIpc) is 2.41. The van der Waals surface area contributed by atoms with Gasteiger partial charge in [-0.15, -0.1) is 0 Å². The lowest BCUT2D eigenvalue weighted by molar-refractivity contribution is -0.146. The van der Waals surface area contributed by atoms with Crippen molar-refractivity contribution in [3.63, 3.8) is 0 Å². The van der Waals surface area contributed by atoms with Gasteiger partial charge in [-0.25, -0.2) is 4.79 Å². The normalized spacial score (nSPS) is 37.3. The van der Waals surface area contributed by atoms with Crippen molar-refractivity contribution in [1.82, 2.24) is 10.2 Å². The summed E-state index contributed by atoms with van der Waals surface area (Å²) < 4.78 is 0. The molecule has 3 aliphatic rings. The molecule has 2 amide bonds. The Morgan fingerprint density at radius 3 is 2.59 bits per heavy atom. The predicted molar refractivity (Wildman–Crippen MR) is 60.5 cm³/mol. The molecule has 2 N–H and O–H groups in total. The van der Waals surface area contributed by atoms with Crippen molar-refractivity contribution >= 4 is 12.0 Å². The van der Waals surface area contributed by atoms with Crippen LogP contribution in [0.3, 0.4) is 0 Å². The van der Waals surface area contributed by atoms with Gasteiger partial charge in [-0.1, -0.05) is 6.42 Å². The Kier molecular flexibility index (Phi) is 2.49. The van der Waals surface area contributed by atoms with Gasteiger partial charge in [-0.05, 0) is 31.6 Å². The standard InChI is InChI=1S/C12H18N2O3/c15-11(16)8-4-9(5-8)14-6-10(13-12(14)17)7-2-1-3-7/h7-10H,1-6H2,(H,13,17)(H,15,16). The zero-order valence-corrected chi connectivity index (χ0v) is 9.76. The summed E-state index contributed by atoms with van der Waals surface area (Å²) in [6, 6.07) is 0.469. The number of aliphatic carboxylic acids is 1. The van der Waals surface area contributed by atoms with Gasteiger partial charge in [-0.3, -0.25) is 4.79 Å². The molecule has 17 heavy (non-hydrogen) atoms. The van der Waals surface area contributed by atoms with Crippen LogP contribution in [0.2, 0.25) is 0 Å². The number of nitrogens with zero attached hydrogens (tertiary/aromatic N) is 1. The van der Waals surface area contributed by atoms with E-state index in [1.165, 1.54) is 19.3 Å². The maximum Gasteiger partial charge on any atom is 0.318 e. The highest BCUT2D eigenvalue weighted by Crippen LogP contribution is 2.36. The lowest BCUT2D eigenvalue weighted by Gasteiger charge is -2.39. The van der Waals surface area contributed by atoms with Crippen LogP contribution >= 0.6 is 0 Å². The van der Waals surface area contributed by atoms with Gasteiger partial charge in [0.2, 0.25) is 0 Å². The number of rotatable bonds is 3. The summed E-state index contributed by atoms with van der Waals surface area (Å²) in [7, 11) is 0. The van der Waals surface area contributed by atoms with Gasteiger partial charge in [0.25, 0.3) is 0 Å². The fraction of sp³-hybridized carbons (Fsp3) is 0.833. The third-order valence-corrected chi connectivity index (χ3v) is 4.59. The summed E-state index contributed by atoms with van der Waals surface area (Å²) in [5, 5.41) is 11.9. The minimum absolute atomic E-state index is 0.00994. The summed E-state index contributed by atoms with van der Waals surface area (Å²) in [4.78, 5) is 24.4. The number of carboxylic acid groups (broad SMARTS) is 1. The molecule has 0 aromatic rings. The molecule has 0 aromatic heterocycles. The van der Waals surface area contributed by atoms with E-state index in [9.17, 15) is 9.59 Å². The molecule has 1 heterocycles. The van der Waals surface area contributed by atoms with Crippen LogP contribution in [0.4, 0.5) is 4.79 Å². The van der Waals surface area contributed by atoms with Crippen LogP contribution in [-0.4, -0.2) is 40.6 Å². The van der Waals surface area contributed by atoms with E-state index >= 15 is 0 Å². The molecule has 1 aliphatic heterocycles. The van der Waals surface area contributed by atoms with Gasteiger partial charge in [0.15, 0.2) is 0 Å². The summed E-state index contributed by atoms with van der Waals surface area (Å²) >= 11 is 0. The third kappa shape index (κ3) is 1.77. The molecule has 0 bridgehead atoms. The number of carbonyl (C=O) groups excluding carboxylic acids is 1. The van der Waals surface area contributed by atoms with E-state index in [1.54, 1.807) is 0 Å². The van der Waals surface area contributed by atoms with Crippen molar-refractivity contribution in [2.45, 2.75) is 44.2 Å². The van der Waals surface area contributed by atoms with E-state index in [2.05, 4.69) is 5.32 Å². The van der Waals surface area contributed by atoms with Gasteiger partial charge in [0, 0.05) is 12.6 Å². The van der Waals surface area contributed by atoms with Gasteiger partial charge in [-0.2, -0.15) is 0 Å². The third-order valence-electron chi connectivity index (χ3n) is 4.59. The molecule has 0 radical (unpaired) electrons. The van der Waals surface area contributed by atoms with Crippen molar-refractivity contribution in [2.75, 3.05) is 6.54 Å². The van der Waals surface area contributed by atoms with Crippen molar-refractivity contribution in [1.29, 1.82) is 0 Å². The van der Waals surface area contributed by atoms with Crippen LogP contribution in [0.15, 0.2) is 0 Å². The van der Waals surface area contributed by atoms with Crippen LogP contribution in [0.1, 0.15) is 32.1 Å². The monoisotopic (exact) mass is 238 g/mol. The molecule has 5 nitrogen and oxygen atoms in total. The fourth-order valence-corrected chi connectivity index (χ4v) is 3.05. The maximum atomic E-state index is 11.8. The number of hydrogen-bond acceptors (Lipinski definition) is 2. The smallest absolute Gasteiger partial charge is 0.318 e. The molecular weight excluding hydrogens is 220 g/mol. The topological polar surface area (TPSA) is 69.6 Å². The maximum absolute atomic E-state index is 11.8. The minimum Gasteiger partial charge on any atom is -0.481 e. The second-order valence-corrected chi connectivity index (χ2v) is 5.56. The zero-order valence-electron chi connectivity index (χ0n) is 9.76. The number of nitrogens with one attached hydrogen (secondary N) is 1. The van der Waals surface area contributed by atoms with Crippen molar-refractivity contribution in [2.24, 2.45) is 11.8 Å². The lowest BCUT2D eigenvalue weighted by Crippen LogP contribution is -2.48. The average molecular weight is 238 g/mol. The Morgan fingerprint density at radius 2 is 2.06 bits per heavy atom. The first kappa shape index (κ1) is 10.9. The molecule has 94 valence electrons. The highest BCUT2D eigenvalue weighted by molar-refractivity contribution is 5.78. The number of urea groups is 1. The molecule has 1 unspecified atom stereocenters. The molecule has 0 spiro atoms. The van der Waals surface area contributed by atoms with Crippen LogP contribution < -0.4 is 5.32 Å². The number of hydrogen-bond donors (Lipinski definition) is 2. The van der Waals surface area contributed by atoms with Gasteiger partial charge >= 0.3 is 12.0 Å². The minimum atomic E-state index is -0.726. The fourth-order valence-electron chi connectivity index (χ4n) is 3.05. The van der Waals surface area contributed by atoms with Gasteiger partial charge in [0.1, 0.15) is 0 Å². The van der Waals surface area contributed by atoms with Crippen molar-refractivity contribution < 1.29 is 14.7 Å². The molecule has 1 saturated heterocycles. The van der Waals surface area contributed by atoms with Crippen molar-refractivity contribution in [3.8, 4) is 0 Å². The molecule has 5 heteroatoms. The lowest BCUT2D eigenvalue weighted by atomic mass is 9.78. The first-order valence-corrected chi connectivity index (χ1v) is 6.45. The van der Waals surface area contributed by atoms with Crippen LogP contribution in [-0.2, 0) is 4.79 Å². The predicted octanol–water partition coefficient (Wildman–Crippen LogP) is 1.04. The molecular formula is C12H18N2O3. The summed E-state index contributed by atoms with van der Waals surface area (Å²) in [6.45, 7) is 0.778. The molecule has 1 atom stereocenters. The largest absolute Gasteiger partial charge is 0.481 e. The van der Waals surface area contributed by atoms with E-state index in [-0.39, 0.29) is 18.0 Å². The quantitative estimate of drug-likeness (QED) is 0.772. The molecule has 0 aromatic carbocycles. The first-order chi connectivity index (χ1) is 8.15. The summed E-state index contributed by atoms with van der Waals surface area (Å²) in [6.07, 6.45) is 4.98. The Hall–Kier alpha value is -1.26. The second kappa shape index (κ2) is 3.89. The van der Waals surface area contributed by atoms with E-state index in [4.69, 9.17) is 5.11 Å². The number of carbonyl (C=O) groups is 2. The zero-order chi connectivity index (χ0) is 12.0.